The zero-order valence-electron chi connectivity index (χ0n) is 18.1. The maximum atomic E-state index is 12.5. The van der Waals surface area contributed by atoms with Crippen molar-refractivity contribution in [2.24, 2.45) is 0 Å². The van der Waals surface area contributed by atoms with Crippen LogP contribution in [-0.2, 0) is 19.7 Å². The van der Waals surface area contributed by atoms with Gasteiger partial charge in [0, 0.05) is 29.0 Å². The summed E-state index contributed by atoms with van der Waals surface area (Å²) in [4.78, 5) is 12.5. The van der Waals surface area contributed by atoms with Crippen LogP contribution in [0.4, 0.5) is 5.69 Å². The highest BCUT2D eigenvalue weighted by Crippen LogP contribution is 2.22. The van der Waals surface area contributed by atoms with Gasteiger partial charge in [-0.1, -0.05) is 11.6 Å². The van der Waals surface area contributed by atoms with Crippen molar-refractivity contribution in [1.82, 2.24) is 19.6 Å². The number of nitrogens with one attached hydrogen (secondary N) is 1. The number of carbonyl (C=O) groups is 1. The predicted molar refractivity (Wildman–Crippen MR) is 121 cm³/mol. The van der Waals surface area contributed by atoms with Crippen molar-refractivity contribution in [2.45, 2.75) is 40.5 Å². The van der Waals surface area contributed by atoms with Gasteiger partial charge < -0.3 is 14.5 Å². The number of amides is 1. The highest BCUT2D eigenvalue weighted by atomic mass is 35.5. The van der Waals surface area contributed by atoms with E-state index in [9.17, 15) is 4.79 Å². The number of carbonyl (C=O) groups excluding carboxylic acids is 1. The molecule has 1 N–H and O–H groups in total. The van der Waals surface area contributed by atoms with Crippen LogP contribution in [0.2, 0.25) is 5.02 Å². The molecule has 0 unspecified atom stereocenters. The van der Waals surface area contributed by atoms with E-state index in [1.807, 2.05) is 30.8 Å². The smallest absolute Gasteiger partial charge is 0.291 e. The predicted octanol–water partition coefficient (Wildman–Crippen LogP) is 4.84. The van der Waals surface area contributed by atoms with Crippen LogP contribution in [0.1, 0.15) is 40.1 Å². The molecule has 4 aromatic rings. The standard InChI is InChI=1S/C23H24ClN5O3/c1-4-29-16(3)17(10-26-29)12-28-13-18(11-25-28)27-23(30)22-8-6-20(32-22)14-31-19-5-7-21(24)15(2)9-19/h5-11,13H,4,12,14H2,1-3H3,(H,27,30). The number of furan rings is 1. The summed E-state index contributed by atoms with van der Waals surface area (Å²) in [5.41, 5.74) is 3.70. The summed E-state index contributed by atoms with van der Waals surface area (Å²) >= 11 is 6.03. The molecule has 3 heterocycles. The summed E-state index contributed by atoms with van der Waals surface area (Å²) in [6, 6.07) is 8.76. The van der Waals surface area contributed by atoms with Crippen LogP contribution in [0, 0.1) is 13.8 Å². The average molecular weight is 454 g/mol. The lowest BCUT2D eigenvalue weighted by atomic mass is 10.2. The molecular weight excluding hydrogens is 430 g/mol. The summed E-state index contributed by atoms with van der Waals surface area (Å²) in [6.07, 6.45) is 5.22. The highest BCUT2D eigenvalue weighted by molar-refractivity contribution is 6.31. The number of ether oxygens (including phenoxy) is 1. The molecule has 0 fully saturated rings. The van der Waals surface area contributed by atoms with Gasteiger partial charge in [0.1, 0.15) is 18.1 Å². The number of rotatable bonds is 8. The number of aryl methyl sites for hydroxylation is 2. The third-order valence-corrected chi connectivity index (χ3v) is 5.55. The number of hydrogen-bond donors (Lipinski definition) is 1. The lowest BCUT2D eigenvalue weighted by molar-refractivity contribution is 0.0992. The zero-order valence-corrected chi connectivity index (χ0v) is 18.9. The van der Waals surface area contributed by atoms with Gasteiger partial charge >= 0.3 is 0 Å². The molecule has 0 saturated carbocycles. The maximum absolute atomic E-state index is 12.5. The molecule has 1 aromatic carbocycles. The number of hydrogen-bond acceptors (Lipinski definition) is 5. The highest BCUT2D eigenvalue weighted by Gasteiger charge is 2.14. The van der Waals surface area contributed by atoms with Crippen LogP contribution in [0.5, 0.6) is 5.75 Å². The summed E-state index contributed by atoms with van der Waals surface area (Å²) in [7, 11) is 0. The Morgan fingerprint density at radius 3 is 2.78 bits per heavy atom. The summed E-state index contributed by atoms with van der Waals surface area (Å²) in [6.45, 7) is 7.60. The Bertz CT molecular complexity index is 1240. The van der Waals surface area contributed by atoms with E-state index in [4.69, 9.17) is 20.8 Å². The number of nitrogens with zero attached hydrogens (tertiary/aromatic N) is 4. The third-order valence-electron chi connectivity index (χ3n) is 5.12. The van der Waals surface area contributed by atoms with Crippen LogP contribution in [-0.4, -0.2) is 25.5 Å². The molecule has 32 heavy (non-hydrogen) atoms. The largest absolute Gasteiger partial charge is 0.486 e. The average Bonchev–Trinajstić information content (AvgIpc) is 3.50. The molecule has 0 atom stereocenters. The van der Waals surface area contributed by atoms with E-state index in [-0.39, 0.29) is 18.3 Å². The molecule has 0 aliphatic rings. The first-order valence-corrected chi connectivity index (χ1v) is 10.6. The van der Waals surface area contributed by atoms with Gasteiger partial charge in [-0.3, -0.25) is 14.2 Å². The number of aromatic nitrogens is 4. The van der Waals surface area contributed by atoms with Crippen LogP contribution in [0.25, 0.3) is 0 Å². The number of anilines is 1. The summed E-state index contributed by atoms with van der Waals surface area (Å²) < 4.78 is 15.0. The van der Waals surface area contributed by atoms with E-state index in [1.165, 1.54) is 0 Å². The van der Waals surface area contributed by atoms with Gasteiger partial charge in [0.05, 0.1) is 24.6 Å². The Kier molecular flexibility index (Phi) is 6.32. The second-order valence-electron chi connectivity index (χ2n) is 7.42. The van der Waals surface area contributed by atoms with Gasteiger partial charge in [0.2, 0.25) is 0 Å². The second-order valence-corrected chi connectivity index (χ2v) is 7.82. The van der Waals surface area contributed by atoms with Crippen molar-refractivity contribution in [3.8, 4) is 5.75 Å². The van der Waals surface area contributed by atoms with E-state index in [0.717, 1.165) is 23.4 Å². The van der Waals surface area contributed by atoms with E-state index in [1.54, 1.807) is 41.3 Å². The van der Waals surface area contributed by atoms with Crippen LogP contribution < -0.4 is 10.1 Å². The first-order chi connectivity index (χ1) is 15.4. The minimum Gasteiger partial charge on any atom is -0.486 e. The lowest BCUT2D eigenvalue weighted by Gasteiger charge is -2.06. The molecule has 1 amide bonds. The van der Waals surface area contributed by atoms with Gasteiger partial charge in [-0.05, 0) is 56.7 Å². The SMILES string of the molecule is CCn1ncc(Cn2cc(NC(=O)c3ccc(COc4ccc(Cl)c(C)c4)o3)cn2)c1C. The van der Waals surface area contributed by atoms with Crippen molar-refractivity contribution in [3.63, 3.8) is 0 Å². The third kappa shape index (κ3) is 4.86. The first-order valence-electron chi connectivity index (χ1n) is 10.3. The van der Waals surface area contributed by atoms with Crippen LogP contribution >= 0.6 is 11.6 Å². The van der Waals surface area contributed by atoms with Gasteiger partial charge in [-0.15, -0.1) is 0 Å². The van der Waals surface area contributed by atoms with Gasteiger partial charge in [0.15, 0.2) is 5.76 Å². The Labute approximate surface area is 190 Å². The quantitative estimate of drug-likeness (QED) is 0.412. The topological polar surface area (TPSA) is 87.1 Å². The molecular formula is C23H24ClN5O3. The van der Waals surface area contributed by atoms with Crippen LogP contribution in [0.3, 0.4) is 0 Å². The minimum absolute atomic E-state index is 0.198. The molecule has 0 aliphatic carbocycles. The number of benzene rings is 1. The van der Waals surface area contributed by atoms with E-state index < -0.39 is 0 Å². The molecule has 0 spiro atoms. The van der Waals surface area contributed by atoms with Crippen LogP contribution in [0.15, 0.2) is 53.3 Å². The molecule has 4 rings (SSSR count). The summed E-state index contributed by atoms with van der Waals surface area (Å²) in [5.74, 6) is 1.07. The zero-order chi connectivity index (χ0) is 22.7. The molecule has 0 radical (unpaired) electrons. The maximum Gasteiger partial charge on any atom is 0.291 e. The summed E-state index contributed by atoms with van der Waals surface area (Å²) in [5, 5.41) is 12.2. The van der Waals surface area contributed by atoms with E-state index in [2.05, 4.69) is 22.4 Å². The Hall–Kier alpha value is -3.52. The molecule has 9 heteroatoms. The molecule has 0 bridgehead atoms. The fraction of sp³-hybridized carbons (Fsp3) is 0.261. The van der Waals surface area contributed by atoms with Crippen molar-refractivity contribution >= 4 is 23.2 Å². The Morgan fingerprint density at radius 2 is 2.03 bits per heavy atom. The van der Waals surface area contributed by atoms with Gasteiger partial charge in [-0.2, -0.15) is 10.2 Å². The molecule has 0 saturated heterocycles. The Balaban J connectivity index is 1.34. The lowest BCUT2D eigenvalue weighted by Crippen LogP contribution is -2.10. The fourth-order valence-corrected chi connectivity index (χ4v) is 3.40. The molecule has 166 valence electrons. The molecule has 8 nitrogen and oxygen atoms in total. The normalized spacial score (nSPS) is 11.0. The molecule has 0 aliphatic heterocycles. The minimum atomic E-state index is -0.354. The van der Waals surface area contributed by atoms with Crippen molar-refractivity contribution in [3.05, 3.63) is 82.3 Å². The van der Waals surface area contributed by atoms with Crippen molar-refractivity contribution in [2.75, 3.05) is 5.32 Å². The molecule has 3 aromatic heterocycles. The second kappa shape index (κ2) is 9.32. The first kappa shape index (κ1) is 21.7. The fourth-order valence-electron chi connectivity index (χ4n) is 3.28. The number of halogens is 1. The Morgan fingerprint density at radius 1 is 1.19 bits per heavy atom. The van der Waals surface area contributed by atoms with Gasteiger partial charge in [-0.25, -0.2) is 0 Å². The van der Waals surface area contributed by atoms with E-state index >= 15 is 0 Å². The van der Waals surface area contributed by atoms with E-state index in [0.29, 0.717) is 28.8 Å². The van der Waals surface area contributed by atoms with Gasteiger partial charge in [0.25, 0.3) is 5.91 Å². The van der Waals surface area contributed by atoms with Crippen molar-refractivity contribution in [1.29, 1.82) is 0 Å². The van der Waals surface area contributed by atoms with Crippen molar-refractivity contribution < 1.29 is 13.9 Å². The monoisotopic (exact) mass is 453 g/mol.